The van der Waals surface area contributed by atoms with Gasteiger partial charge in [0.05, 0.1) is 0 Å². The van der Waals surface area contributed by atoms with Gasteiger partial charge in [-0.25, -0.2) is 0 Å². The first-order chi connectivity index (χ1) is 8.27. The number of hydrogen-bond donors (Lipinski definition) is 1. The maximum atomic E-state index is 11.7. The van der Waals surface area contributed by atoms with Gasteiger partial charge in [-0.3, -0.25) is 4.79 Å². The Labute approximate surface area is 105 Å². The van der Waals surface area contributed by atoms with E-state index in [4.69, 9.17) is 10.5 Å². The van der Waals surface area contributed by atoms with Gasteiger partial charge in [-0.2, -0.15) is 0 Å². The van der Waals surface area contributed by atoms with Crippen LogP contribution in [0.4, 0.5) is 0 Å². The molecule has 1 aliphatic carbocycles. The van der Waals surface area contributed by atoms with E-state index in [9.17, 15) is 4.79 Å². The van der Waals surface area contributed by atoms with Crippen molar-refractivity contribution >= 4 is 5.97 Å². The molecule has 1 fully saturated rings. The van der Waals surface area contributed by atoms with Crippen LogP contribution < -0.4 is 5.73 Å². The van der Waals surface area contributed by atoms with Crippen molar-refractivity contribution in [3.8, 4) is 0 Å². The quantitative estimate of drug-likeness (QED) is 0.550. The molecule has 0 radical (unpaired) electrons. The molecule has 0 aromatic heterocycles. The standard InChI is InChI=1S/C14H27NO2/c1-2-12-8-5-6-9-13(12)17-14(16)10-4-3-7-11-15/h12-13H,2-11,15H2,1H3. The zero-order chi connectivity index (χ0) is 12.5. The molecule has 100 valence electrons. The lowest BCUT2D eigenvalue weighted by molar-refractivity contribution is -0.153. The largest absolute Gasteiger partial charge is 0.462 e. The molecule has 0 aliphatic heterocycles. The number of esters is 1. The Balaban J connectivity index is 2.19. The summed E-state index contributed by atoms with van der Waals surface area (Å²) in [5, 5.41) is 0. The summed E-state index contributed by atoms with van der Waals surface area (Å²) in [6, 6.07) is 0. The maximum absolute atomic E-state index is 11.7. The molecule has 17 heavy (non-hydrogen) atoms. The van der Waals surface area contributed by atoms with Crippen molar-refractivity contribution in [1.29, 1.82) is 0 Å². The lowest BCUT2D eigenvalue weighted by Gasteiger charge is -2.30. The number of ether oxygens (including phenoxy) is 1. The first-order valence-corrected chi connectivity index (χ1v) is 7.17. The third-order valence-corrected chi connectivity index (χ3v) is 3.73. The van der Waals surface area contributed by atoms with Crippen LogP contribution in [0, 0.1) is 5.92 Å². The molecule has 1 saturated carbocycles. The molecular formula is C14H27NO2. The number of carbonyl (C=O) groups excluding carboxylic acids is 1. The van der Waals surface area contributed by atoms with Crippen LogP contribution in [0.1, 0.15) is 64.7 Å². The van der Waals surface area contributed by atoms with Crippen molar-refractivity contribution in [2.24, 2.45) is 11.7 Å². The molecule has 1 rings (SSSR count). The van der Waals surface area contributed by atoms with Crippen LogP contribution in [0.15, 0.2) is 0 Å². The number of rotatable bonds is 7. The first kappa shape index (κ1) is 14.5. The highest BCUT2D eigenvalue weighted by Crippen LogP contribution is 2.29. The Kier molecular flexibility index (Phi) is 7.25. The summed E-state index contributed by atoms with van der Waals surface area (Å²) in [4.78, 5) is 11.7. The molecule has 0 amide bonds. The first-order valence-electron chi connectivity index (χ1n) is 7.17. The molecule has 0 spiro atoms. The molecule has 2 N–H and O–H groups in total. The highest BCUT2D eigenvalue weighted by molar-refractivity contribution is 5.69. The monoisotopic (exact) mass is 241 g/mol. The van der Waals surface area contributed by atoms with Crippen LogP contribution in [-0.4, -0.2) is 18.6 Å². The highest BCUT2D eigenvalue weighted by Gasteiger charge is 2.26. The molecule has 3 nitrogen and oxygen atoms in total. The van der Waals surface area contributed by atoms with Gasteiger partial charge in [-0.1, -0.05) is 19.8 Å². The fourth-order valence-electron chi connectivity index (χ4n) is 2.61. The van der Waals surface area contributed by atoms with E-state index in [0.29, 0.717) is 12.3 Å². The molecule has 0 saturated heterocycles. The smallest absolute Gasteiger partial charge is 0.306 e. The van der Waals surface area contributed by atoms with E-state index in [1.54, 1.807) is 0 Å². The lowest BCUT2D eigenvalue weighted by Crippen LogP contribution is -2.29. The average molecular weight is 241 g/mol. The topological polar surface area (TPSA) is 52.3 Å². The van der Waals surface area contributed by atoms with E-state index >= 15 is 0 Å². The Bertz CT molecular complexity index is 218. The molecule has 0 heterocycles. The molecular weight excluding hydrogens is 214 g/mol. The minimum Gasteiger partial charge on any atom is -0.462 e. The maximum Gasteiger partial charge on any atom is 0.306 e. The summed E-state index contributed by atoms with van der Waals surface area (Å²) >= 11 is 0. The Morgan fingerprint density at radius 3 is 2.71 bits per heavy atom. The SMILES string of the molecule is CCC1CCCCC1OC(=O)CCCCCN. The zero-order valence-electron chi connectivity index (χ0n) is 11.1. The van der Waals surface area contributed by atoms with Gasteiger partial charge in [0.15, 0.2) is 0 Å². The van der Waals surface area contributed by atoms with E-state index in [0.717, 1.165) is 38.6 Å². The summed E-state index contributed by atoms with van der Waals surface area (Å²) in [6.45, 7) is 2.91. The zero-order valence-corrected chi connectivity index (χ0v) is 11.1. The van der Waals surface area contributed by atoms with Gasteiger partial charge in [0.25, 0.3) is 0 Å². The van der Waals surface area contributed by atoms with Gasteiger partial charge < -0.3 is 10.5 Å². The van der Waals surface area contributed by atoms with Crippen molar-refractivity contribution < 1.29 is 9.53 Å². The summed E-state index contributed by atoms with van der Waals surface area (Å²) < 4.78 is 5.60. The average Bonchev–Trinajstić information content (AvgIpc) is 2.35. The third-order valence-electron chi connectivity index (χ3n) is 3.73. The Hall–Kier alpha value is -0.570. The number of nitrogens with two attached hydrogens (primary N) is 1. The van der Waals surface area contributed by atoms with Crippen molar-refractivity contribution in [2.45, 2.75) is 70.8 Å². The minimum absolute atomic E-state index is 0.00706. The van der Waals surface area contributed by atoms with Crippen LogP contribution in [0.2, 0.25) is 0 Å². The molecule has 0 bridgehead atoms. The van der Waals surface area contributed by atoms with Crippen LogP contribution in [-0.2, 0) is 9.53 Å². The van der Waals surface area contributed by atoms with Gasteiger partial charge in [0, 0.05) is 6.42 Å². The van der Waals surface area contributed by atoms with Gasteiger partial charge in [0.1, 0.15) is 6.10 Å². The second-order valence-electron chi connectivity index (χ2n) is 5.08. The predicted molar refractivity (Wildman–Crippen MR) is 69.7 cm³/mol. The van der Waals surface area contributed by atoms with Gasteiger partial charge in [0.2, 0.25) is 0 Å². The van der Waals surface area contributed by atoms with E-state index in [1.807, 2.05) is 0 Å². The normalized spacial score (nSPS) is 24.6. The van der Waals surface area contributed by atoms with E-state index in [-0.39, 0.29) is 12.1 Å². The van der Waals surface area contributed by atoms with Crippen molar-refractivity contribution in [1.82, 2.24) is 0 Å². The van der Waals surface area contributed by atoms with Crippen molar-refractivity contribution in [2.75, 3.05) is 6.54 Å². The molecule has 3 heteroatoms. The number of hydrogen-bond acceptors (Lipinski definition) is 3. The Morgan fingerprint density at radius 2 is 2.00 bits per heavy atom. The fraction of sp³-hybridized carbons (Fsp3) is 0.929. The third kappa shape index (κ3) is 5.53. The van der Waals surface area contributed by atoms with E-state index < -0.39 is 0 Å². The van der Waals surface area contributed by atoms with Gasteiger partial charge in [-0.05, 0) is 51.0 Å². The van der Waals surface area contributed by atoms with Crippen molar-refractivity contribution in [3.63, 3.8) is 0 Å². The molecule has 2 unspecified atom stereocenters. The Morgan fingerprint density at radius 1 is 1.24 bits per heavy atom. The molecule has 0 aromatic rings. The summed E-state index contributed by atoms with van der Waals surface area (Å²) in [6.07, 6.45) is 9.63. The van der Waals surface area contributed by atoms with Crippen LogP contribution >= 0.6 is 0 Å². The molecule has 1 aliphatic rings. The second kappa shape index (κ2) is 8.51. The van der Waals surface area contributed by atoms with Crippen molar-refractivity contribution in [3.05, 3.63) is 0 Å². The van der Waals surface area contributed by atoms with Crippen LogP contribution in [0.25, 0.3) is 0 Å². The molecule has 2 atom stereocenters. The highest BCUT2D eigenvalue weighted by atomic mass is 16.5. The van der Waals surface area contributed by atoms with E-state index in [2.05, 4.69) is 6.92 Å². The second-order valence-corrected chi connectivity index (χ2v) is 5.08. The van der Waals surface area contributed by atoms with Gasteiger partial charge in [-0.15, -0.1) is 0 Å². The summed E-state index contributed by atoms with van der Waals surface area (Å²) in [5.41, 5.74) is 5.41. The van der Waals surface area contributed by atoms with Gasteiger partial charge >= 0.3 is 5.97 Å². The van der Waals surface area contributed by atoms with E-state index in [1.165, 1.54) is 19.3 Å². The van der Waals surface area contributed by atoms with Crippen LogP contribution in [0.3, 0.4) is 0 Å². The number of unbranched alkanes of at least 4 members (excludes halogenated alkanes) is 2. The molecule has 0 aromatic carbocycles. The predicted octanol–water partition coefficient (Wildman–Crippen LogP) is 3.02. The minimum atomic E-state index is -0.00706. The number of carbonyl (C=O) groups is 1. The lowest BCUT2D eigenvalue weighted by atomic mass is 9.85. The summed E-state index contributed by atoms with van der Waals surface area (Å²) in [5.74, 6) is 0.587. The fourth-order valence-corrected chi connectivity index (χ4v) is 2.61. The summed E-state index contributed by atoms with van der Waals surface area (Å²) in [7, 11) is 0. The van der Waals surface area contributed by atoms with Crippen LogP contribution in [0.5, 0.6) is 0 Å².